The zero-order valence-corrected chi connectivity index (χ0v) is 27.4. The summed E-state index contributed by atoms with van der Waals surface area (Å²) < 4.78 is 128. The molecule has 19 heteroatoms. The molecule has 1 aromatic carbocycles. The van der Waals surface area contributed by atoms with E-state index in [1.165, 1.54) is 23.1 Å². The van der Waals surface area contributed by atoms with Crippen LogP contribution in [0.25, 0.3) is 0 Å². The third kappa shape index (κ3) is 16.5. The van der Waals surface area contributed by atoms with Gasteiger partial charge < -0.3 is 10.0 Å². The minimum absolute atomic E-state index is 0.0178. The molecule has 15 nitrogen and oxygen atoms in total. The van der Waals surface area contributed by atoms with Gasteiger partial charge in [-0.25, -0.2) is 0 Å². The molecule has 0 bridgehead atoms. The lowest BCUT2D eigenvalue weighted by Crippen LogP contribution is -2.27. The van der Waals surface area contributed by atoms with Gasteiger partial charge in [0.25, 0.3) is 40.5 Å². The molecule has 0 unspecified atom stereocenters. The minimum atomic E-state index is -4.78. The number of anilines is 1. The van der Waals surface area contributed by atoms with Gasteiger partial charge in [-0.3, -0.25) is 23.2 Å². The highest BCUT2D eigenvalue weighted by molar-refractivity contribution is 7.86. The number of allylic oxidation sites excluding steroid dienone is 6. The Labute approximate surface area is 258 Å². The highest BCUT2D eigenvalue weighted by Crippen LogP contribution is 2.33. The van der Waals surface area contributed by atoms with Crippen molar-refractivity contribution in [2.24, 2.45) is 4.99 Å². The van der Waals surface area contributed by atoms with Gasteiger partial charge in [-0.1, -0.05) is 24.3 Å². The first kappa shape index (κ1) is 39.5. The fourth-order valence-electron chi connectivity index (χ4n) is 3.96. The first-order chi connectivity index (χ1) is 20.1. The van der Waals surface area contributed by atoms with E-state index in [1.807, 2.05) is 0 Å². The molecular weight excluding hydrogens is 665 g/mol. The van der Waals surface area contributed by atoms with Crippen LogP contribution in [0.1, 0.15) is 43.7 Å². The van der Waals surface area contributed by atoms with Gasteiger partial charge >= 0.3 is 0 Å². The molecule has 0 aliphatic carbocycles. The maximum absolute atomic E-state index is 12.2. The average Bonchev–Trinajstić information content (AvgIpc) is 2.85. The van der Waals surface area contributed by atoms with E-state index in [9.17, 15) is 43.3 Å². The van der Waals surface area contributed by atoms with Crippen LogP contribution in [0.15, 0.2) is 58.1 Å². The van der Waals surface area contributed by atoms with Gasteiger partial charge in [0.15, 0.2) is 0 Å². The van der Waals surface area contributed by atoms with E-state index >= 15 is 0 Å². The summed E-state index contributed by atoms with van der Waals surface area (Å²) in [7, 11) is -17.5. The largest absolute Gasteiger partial charge is 0.392 e. The molecule has 0 saturated heterocycles. The lowest BCUT2D eigenvalue weighted by molar-refractivity contribution is 0.281. The summed E-state index contributed by atoms with van der Waals surface area (Å²) in [6, 6.07) is 2.60. The van der Waals surface area contributed by atoms with Gasteiger partial charge in [-0.2, -0.15) is 33.7 Å². The standard InChI is InChI=1S/C25H38N2O13S4/c1-20-17-22(19-28)18-24(44(38,39)40)25(20)27(13-8-16-43(35,36)37)21(2)9-4-3-5-10-23(11-6-14-41(29,30)31)26-12-7-15-42(32,33)34/h3-5,9-10,17-18,28H,6-8,11-16,19H2,1-2H3,(H,29,30,31)(H,32,33,34)(H,35,36,37)(H,38,39,40)/b4-3+,10-5+,21-9+,26-23+. The Morgan fingerprint density at radius 1 is 0.818 bits per heavy atom. The van der Waals surface area contributed by atoms with E-state index in [1.54, 1.807) is 32.1 Å². The second-order valence-electron chi connectivity index (χ2n) is 9.64. The highest BCUT2D eigenvalue weighted by Gasteiger charge is 2.24. The molecule has 0 spiro atoms. The maximum atomic E-state index is 12.2. The third-order valence-corrected chi connectivity index (χ3v) is 9.11. The van der Waals surface area contributed by atoms with Gasteiger partial charge in [0, 0.05) is 24.5 Å². The highest BCUT2D eigenvalue weighted by atomic mass is 32.2. The fourth-order valence-corrected chi connectivity index (χ4v) is 6.27. The SMILES string of the molecule is C\C(=C/C=C/C=C/C(CCCS(=O)(=O)O)=N\CCCS(=O)(=O)O)N(CCCS(=O)(=O)O)c1c(C)cc(CO)cc1S(=O)(=O)O. The summed E-state index contributed by atoms with van der Waals surface area (Å²) in [4.78, 5) is 5.14. The summed E-state index contributed by atoms with van der Waals surface area (Å²) >= 11 is 0. The number of aryl methyl sites for hydroxylation is 1. The average molecular weight is 703 g/mol. The Morgan fingerprint density at radius 2 is 1.39 bits per heavy atom. The van der Waals surface area contributed by atoms with Crippen LogP contribution >= 0.6 is 0 Å². The van der Waals surface area contributed by atoms with E-state index in [4.69, 9.17) is 13.7 Å². The van der Waals surface area contributed by atoms with E-state index in [2.05, 4.69) is 4.99 Å². The second-order valence-corrected chi connectivity index (χ2v) is 15.7. The molecule has 1 aromatic rings. The summed E-state index contributed by atoms with van der Waals surface area (Å²) in [5, 5.41) is 9.51. The predicted octanol–water partition coefficient (Wildman–Crippen LogP) is 2.22. The van der Waals surface area contributed by atoms with Crippen molar-refractivity contribution < 1.29 is 57.0 Å². The number of nitrogens with zero attached hydrogens (tertiary/aromatic N) is 2. The lowest BCUT2D eigenvalue weighted by Gasteiger charge is -2.29. The molecule has 5 N–H and O–H groups in total. The molecule has 250 valence electrons. The molecule has 0 aliphatic rings. The molecule has 0 saturated carbocycles. The number of hydrogen-bond acceptors (Lipinski definition) is 11. The Kier molecular flexibility index (Phi) is 15.5. The summed E-state index contributed by atoms with van der Waals surface area (Å²) in [6.07, 6.45) is 7.76. The maximum Gasteiger partial charge on any atom is 0.296 e. The lowest BCUT2D eigenvalue weighted by atomic mass is 10.1. The fraction of sp³-hybridized carbons (Fsp3) is 0.480. The zero-order chi connectivity index (χ0) is 33.8. The van der Waals surface area contributed by atoms with Crippen molar-refractivity contribution in [2.75, 3.05) is 35.2 Å². The number of rotatable bonds is 19. The van der Waals surface area contributed by atoms with E-state index in [0.29, 0.717) is 17.0 Å². The first-order valence-corrected chi connectivity index (χ1v) is 19.3. The van der Waals surface area contributed by atoms with Crippen molar-refractivity contribution in [3.05, 3.63) is 59.3 Å². The van der Waals surface area contributed by atoms with Crippen molar-refractivity contribution in [1.82, 2.24) is 0 Å². The van der Waals surface area contributed by atoms with Gasteiger partial charge in [0.05, 0.1) is 29.6 Å². The molecule has 0 aliphatic heterocycles. The van der Waals surface area contributed by atoms with Crippen molar-refractivity contribution in [2.45, 2.75) is 51.0 Å². The predicted molar refractivity (Wildman–Crippen MR) is 166 cm³/mol. The monoisotopic (exact) mass is 702 g/mol. The number of aliphatic imine (C=N–C) groups is 1. The molecule has 0 heterocycles. The summed E-state index contributed by atoms with van der Waals surface area (Å²) in [6.45, 7) is 2.58. The quantitative estimate of drug-likeness (QED) is 0.0600. The van der Waals surface area contributed by atoms with Gasteiger partial charge in [0.2, 0.25) is 0 Å². The number of aliphatic hydroxyl groups is 1. The van der Waals surface area contributed by atoms with Crippen LogP contribution in [0.5, 0.6) is 0 Å². The first-order valence-electron chi connectivity index (χ1n) is 13.0. The number of benzene rings is 1. The van der Waals surface area contributed by atoms with Gasteiger partial charge in [-0.15, -0.1) is 0 Å². The van der Waals surface area contributed by atoms with Crippen LogP contribution < -0.4 is 4.90 Å². The Morgan fingerprint density at radius 3 is 1.93 bits per heavy atom. The van der Waals surface area contributed by atoms with Gasteiger partial charge in [0.1, 0.15) is 4.90 Å². The number of hydrogen-bond donors (Lipinski definition) is 5. The van der Waals surface area contributed by atoms with Gasteiger partial charge in [-0.05, 0) is 68.9 Å². The molecule has 0 atom stereocenters. The molecule has 44 heavy (non-hydrogen) atoms. The molecule has 0 aromatic heterocycles. The van der Waals surface area contributed by atoms with E-state index < -0.39 is 69.2 Å². The molecule has 1 rings (SSSR count). The van der Waals surface area contributed by atoms with Crippen LogP contribution in [-0.4, -0.2) is 93.0 Å². The zero-order valence-electron chi connectivity index (χ0n) is 24.1. The topological polar surface area (TPSA) is 253 Å². The van der Waals surface area contributed by atoms with Crippen molar-refractivity contribution in [3.63, 3.8) is 0 Å². The molecule has 0 fully saturated rings. The summed E-state index contributed by atoms with van der Waals surface area (Å²) in [5.74, 6) is -1.64. The van der Waals surface area contributed by atoms with E-state index in [-0.39, 0.29) is 50.0 Å². The van der Waals surface area contributed by atoms with Crippen LogP contribution in [0.2, 0.25) is 0 Å². The third-order valence-electron chi connectivity index (χ3n) is 5.82. The molecule has 0 radical (unpaired) electrons. The van der Waals surface area contributed by atoms with E-state index in [0.717, 1.165) is 6.07 Å². The second kappa shape index (κ2) is 17.3. The van der Waals surface area contributed by atoms with Crippen LogP contribution in [-0.2, 0) is 47.1 Å². The van der Waals surface area contributed by atoms with Crippen molar-refractivity contribution >= 4 is 51.9 Å². The van der Waals surface area contributed by atoms with Crippen molar-refractivity contribution in [3.8, 4) is 0 Å². The van der Waals surface area contributed by atoms with Crippen LogP contribution in [0.4, 0.5) is 5.69 Å². The Hall–Kier alpha value is -2.49. The molecule has 0 amide bonds. The minimum Gasteiger partial charge on any atom is -0.392 e. The van der Waals surface area contributed by atoms with Crippen LogP contribution in [0, 0.1) is 6.92 Å². The summed E-state index contributed by atoms with van der Waals surface area (Å²) in [5.41, 5.74) is 1.40. The normalized spacial score (nSPS) is 14.2. The Balaban J connectivity index is 3.34. The molecular formula is C25H38N2O13S4. The Bertz CT molecular complexity index is 1690. The smallest absolute Gasteiger partial charge is 0.296 e. The number of aliphatic hydroxyl groups excluding tert-OH is 1. The van der Waals surface area contributed by atoms with Crippen molar-refractivity contribution in [1.29, 1.82) is 0 Å². The van der Waals surface area contributed by atoms with Crippen LogP contribution in [0.3, 0.4) is 0 Å².